The fourth-order valence-electron chi connectivity index (χ4n) is 2.26. The van der Waals surface area contributed by atoms with Crippen LogP contribution in [0.3, 0.4) is 0 Å². The minimum Gasteiger partial charge on any atom is -0.545 e. The molecule has 0 aromatic heterocycles. The van der Waals surface area contributed by atoms with Crippen molar-refractivity contribution in [3.05, 3.63) is 57.6 Å². The quantitative estimate of drug-likeness (QED) is 0.557. The maximum Gasteiger partial charge on any atom is 0.266 e. The monoisotopic (exact) mass is 429 g/mol. The summed E-state index contributed by atoms with van der Waals surface area (Å²) in [6.45, 7) is 0. The molecule has 0 aliphatic rings. The zero-order valence-electron chi connectivity index (χ0n) is 14.4. The van der Waals surface area contributed by atoms with Gasteiger partial charge >= 0.3 is 0 Å². The van der Waals surface area contributed by atoms with Crippen molar-refractivity contribution in [2.24, 2.45) is 0 Å². The Morgan fingerprint density at radius 3 is 2.56 bits per heavy atom. The molecule has 0 fully saturated rings. The third kappa shape index (κ3) is 4.86. The van der Waals surface area contributed by atoms with Crippen molar-refractivity contribution in [1.82, 2.24) is 0 Å². The summed E-state index contributed by atoms with van der Waals surface area (Å²) in [6.07, 6.45) is 1.38. The second-order valence-corrected chi connectivity index (χ2v) is 6.08. The molecule has 0 spiro atoms. The van der Waals surface area contributed by atoms with Gasteiger partial charge in [0.25, 0.3) is 5.91 Å². The Bertz CT molecular complexity index is 963. The van der Waals surface area contributed by atoms with Gasteiger partial charge in [-0.25, -0.2) is 0 Å². The average molecular weight is 430 g/mol. The highest BCUT2D eigenvalue weighted by Crippen LogP contribution is 2.36. The molecule has 0 atom stereocenters. The summed E-state index contributed by atoms with van der Waals surface area (Å²) in [4.78, 5) is 23.3. The maximum absolute atomic E-state index is 12.4. The minimum absolute atomic E-state index is 0.0842. The summed E-state index contributed by atoms with van der Waals surface area (Å²) in [7, 11) is 2.97. The largest absolute Gasteiger partial charge is 0.545 e. The molecule has 138 valence electrons. The number of carboxylic acids is 1. The molecule has 0 saturated heterocycles. The van der Waals surface area contributed by atoms with Crippen molar-refractivity contribution < 1.29 is 24.2 Å². The molecular weight excluding hydrogens is 416 g/mol. The third-order valence-electron chi connectivity index (χ3n) is 3.49. The van der Waals surface area contributed by atoms with Crippen molar-refractivity contribution in [3.8, 4) is 17.6 Å². The van der Waals surface area contributed by atoms with E-state index in [1.165, 1.54) is 44.6 Å². The Morgan fingerprint density at radius 2 is 1.96 bits per heavy atom. The van der Waals surface area contributed by atoms with E-state index in [4.69, 9.17) is 9.47 Å². The topological polar surface area (TPSA) is 111 Å². The second kappa shape index (κ2) is 8.87. The van der Waals surface area contributed by atoms with Gasteiger partial charge in [0.05, 0.1) is 24.7 Å². The van der Waals surface area contributed by atoms with Crippen molar-refractivity contribution in [3.63, 3.8) is 0 Å². The first kappa shape index (κ1) is 20.0. The summed E-state index contributed by atoms with van der Waals surface area (Å²) in [6, 6.07) is 10.7. The lowest BCUT2D eigenvalue weighted by atomic mass is 10.1. The van der Waals surface area contributed by atoms with Crippen LogP contribution >= 0.6 is 15.9 Å². The van der Waals surface area contributed by atoms with Crippen molar-refractivity contribution >= 4 is 39.6 Å². The number of carbonyl (C=O) groups excluding carboxylic acids is 2. The number of halogens is 1. The number of carboxylic acid groups (broad SMARTS) is 1. The van der Waals surface area contributed by atoms with Gasteiger partial charge in [0.2, 0.25) is 0 Å². The number of anilines is 1. The summed E-state index contributed by atoms with van der Waals surface area (Å²) >= 11 is 3.34. The molecule has 2 rings (SSSR count). The summed E-state index contributed by atoms with van der Waals surface area (Å²) in [5, 5.41) is 22.7. The van der Waals surface area contributed by atoms with E-state index in [1.54, 1.807) is 12.1 Å². The molecule has 27 heavy (non-hydrogen) atoms. The van der Waals surface area contributed by atoms with Gasteiger partial charge in [-0.3, -0.25) is 4.79 Å². The van der Waals surface area contributed by atoms with Crippen LogP contribution in [0.15, 0.2) is 46.4 Å². The number of aromatic carboxylic acids is 1. The summed E-state index contributed by atoms with van der Waals surface area (Å²) < 4.78 is 11.0. The Hall–Kier alpha value is -3.31. The lowest BCUT2D eigenvalue weighted by molar-refractivity contribution is -0.255. The van der Waals surface area contributed by atoms with Gasteiger partial charge in [0.15, 0.2) is 11.5 Å². The normalized spacial score (nSPS) is 10.7. The number of nitrogens with zero attached hydrogens (tertiary/aromatic N) is 1. The van der Waals surface area contributed by atoms with Gasteiger partial charge in [-0.15, -0.1) is 0 Å². The predicted octanol–water partition coefficient (Wildman–Crippen LogP) is 2.38. The minimum atomic E-state index is -1.36. The second-order valence-electron chi connectivity index (χ2n) is 5.23. The molecule has 7 nitrogen and oxygen atoms in total. The highest BCUT2D eigenvalue weighted by molar-refractivity contribution is 9.10. The number of methoxy groups -OCH3 is 2. The zero-order chi connectivity index (χ0) is 20.0. The van der Waals surface area contributed by atoms with E-state index >= 15 is 0 Å². The zero-order valence-corrected chi connectivity index (χ0v) is 16.0. The first-order valence-corrected chi connectivity index (χ1v) is 8.35. The van der Waals surface area contributed by atoms with E-state index < -0.39 is 11.9 Å². The fourth-order valence-corrected chi connectivity index (χ4v) is 2.88. The van der Waals surface area contributed by atoms with E-state index in [0.717, 1.165) is 0 Å². The molecule has 1 N–H and O–H groups in total. The Labute approximate surface area is 164 Å². The average Bonchev–Trinajstić information content (AvgIpc) is 2.65. The molecule has 0 aliphatic heterocycles. The lowest BCUT2D eigenvalue weighted by Crippen LogP contribution is -2.22. The molecular formula is C19H14BrN2O5-. The van der Waals surface area contributed by atoms with Gasteiger partial charge < -0.3 is 24.7 Å². The van der Waals surface area contributed by atoms with Crippen molar-refractivity contribution in [1.29, 1.82) is 5.26 Å². The van der Waals surface area contributed by atoms with E-state index in [9.17, 15) is 20.0 Å². The summed E-state index contributed by atoms with van der Waals surface area (Å²) in [5.41, 5.74) is 0.512. The molecule has 2 aromatic rings. The lowest BCUT2D eigenvalue weighted by Gasteiger charge is -2.11. The van der Waals surface area contributed by atoms with Crippen LogP contribution in [0.1, 0.15) is 15.9 Å². The molecule has 0 bridgehead atoms. The molecule has 0 unspecified atom stereocenters. The van der Waals surface area contributed by atoms with Crippen LogP contribution in [-0.4, -0.2) is 26.1 Å². The van der Waals surface area contributed by atoms with Gasteiger partial charge in [0, 0.05) is 5.69 Å². The fraction of sp³-hybridized carbons (Fsp3) is 0.105. The van der Waals surface area contributed by atoms with Crippen LogP contribution in [0, 0.1) is 11.3 Å². The molecule has 0 aliphatic carbocycles. The van der Waals surface area contributed by atoms with Crippen LogP contribution in [-0.2, 0) is 4.79 Å². The van der Waals surface area contributed by atoms with E-state index in [0.29, 0.717) is 21.5 Å². The molecule has 0 heterocycles. The Balaban J connectivity index is 2.32. The van der Waals surface area contributed by atoms with Crippen molar-refractivity contribution in [2.45, 2.75) is 0 Å². The number of nitriles is 1. The SMILES string of the molecule is COc1cc(/C=C(\C#N)C(=O)Nc2cccc(C(=O)[O-])c2)cc(Br)c1OC. The van der Waals surface area contributed by atoms with E-state index in [-0.39, 0.29) is 16.8 Å². The number of hydrogen-bond donors (Lipinski definition) is 1. The van der Waals surface area contributed by atoms with E-state index in [1.807, 2.05) is 6.07 Å². The predicted molar refractivity (Wildman–Crippen MR) is 100 cm³/mol. The van der Waals surface area contributed by atoms with Gasteiger partial charge in [0.1, 0.15) is 11.6 Å². The molecule has 0 saturated carbocycles. The number of rotatable bonds is 6. The smallest absolute Gasteiger partial charge is 0.266 e. The first-order chi connectivity index (χ1) is 12.9. The molecule has 8 heteroatoms. The van der Waals surface area contributed by atoms with E-state index in [2.05, 4.69) is 21.2 Å². The number of ether oxygens (including phenoxy) is 2. The number of hydrogen-bond acceptors (Lipinski definition) is 6. The number of nitrogens with one attached hydrogen (secondary N) is 1. The molecule has 2 aromatic carbocycles. The number of benzene rings is 2. The number of amides is 1. The van der Waals surface area contributed by atoms with Crippen LogP contribution in [0.25, 0.3) is 6.08 Å². The Kier molecular flexibility index (Phi) is 6.57. The van der Waals surface area contributed by atoms with Gasteiger partial charge in [-0.05, 0) is 57.4 Å². The summed E-state index contributed by atoms with van der Waals surface area (Å²) in [5.74, 6) is -1.13. The van der Waals surface area contributed by atoms with Crippen LogP contribution in [0.4, 0.5) is 5.69 Å². The van der Waals surface area contributed by atoms with Crippen LogP contribution in [0.5, 0.6) is 11.5 Å². The van der Waals surface area contributed by atoms with Crippen molar-refractivity contribution in [2.75, 3.05) is 19.5 Å². The van der Waals surface area contributed by atoms with Gasteiger partial charge in [-0.1, -0.05) is 12.1 Å². The molecule has 1 amide bonds. The highest BCUT2D eigenvalue weighted by Gasteiger charge is 2.13. The first-order valence-electron chi connectivity index (χ1n) is 7.55. The van der Waals surface area contributed by atoms with Crippen LogP contribution < -0.4 is 19.9 Å². The van der Waals surface area contributed by atoms with Crippen LogP contribution in [0.2, 0.25) is 0 Å². The number of carbonyl (C=O) groups is 2. The molecule has 0 radical (unpaired) electrons. The Morgan fingerprint density at radius 1 is 1.22 bits per heavy atom. The maximum atomic E-state index is 12.4. The third-order valence-corrected chi connectivity index (χ3v) is 4.08. The standard InChI is InChI=1S/C19H15BrN2O5/c1-26-16-8-11(7-15(20)17(16)27-2)6-13(10-21)18(23)22-14-5-3-4-12(9-14)19(24)25/h3-9H,1-2H3,(H,22,23)(H,24,25)/p-1/b13-6+. The highest BCUT2D eigenvalue weighted by atomic mass is 79.9. The van der Waals surface area contributed by atoms with Gasteiger partial charge in [-0.2, -0.15) is 5.26 Å².